The van der Waals surface area contributed by atoms with Gasteiger partial charge in [0.1, 0.15) is 15.7 Å². The van der Waals surface area contributed by atoms with Crippen LogP contribution in [0.5, 0.6) is 0 Å². The monoisotopic (exact) mass is 426 g/mol. The van der Waals surface area contributed by atoms with Crippen LogP contribution in [0.4, 0.5) is 11.4 Å². The molecule has 4 rings (SSSR count). The number of aromatic nitrogens is 2. The summed E-state index contributed by atoms with van der Waals surface area (Å²) in [6.07, 6.45) is 3.84. The molecule has 0 saturated carbocycles. The molecule has 0 aliphatic carbocycles. The van der Waals surface area contributed by atoms with Crippen LogP contribution in [0.15, 0.2) is 29.3 Å². The molecular weight excluding hydrogens is 400 g/mol. The van der Waals surface area contributed by atoms with Gasteiger partial charge in [0.05, 0.1) is 5.75 Å². The molecule has 2 aromatic heterocycles. The number of aryl methyl sites for hydroxylation is 3. The number of carbonyl (C=O) groups excluding carboxylic acids is 1. The molecule has 0 unspecified atom stereocenters. The number of thioether (sulfide) groups is 1. The number of hydrogen-bond donors (Lipinski definition) is 1. The maximum absolute atomic E-state index is 12.5. The maximum atomic E-state index is 12.5. The summed E-state index contributed by atoms with van der Waals surface area (Å²) in [7, 11) is 0. The lowest BCUT2D eigenvalue weighted by atomic mass is 10.1. The summed E-state index contributed by atoms with van der Waals surface area (Å²) in [5.74, 6) is 1.05. The predicted octanol–water partition coefficient (Wildman–Crippen LogP) is 5.34. The third-order valence-corrected chi connectivity index (χ3v) is 7.40. The molecule has 5 nitrogen and oxygen atoms in total. The molecule has 1 aliphatic rings. The van der Waals surface area contributed by atoms with Crippen molar-refractivity contribution in [2.75, 3.05) is 29.1 Å². The van der Waals surface area contributed by atoms with Crippen LogP contribution in [0.3, 0.4) is 0 Å². The van der Waals surface area contributed by atoms with Crippen molar-refractivity contribution in [3.8, 4) is 0 Å². The smallest absolute Gasteiger partial charge is 0.234 e. The number of nitrogens with one attached hydrogen (secondary N) is 1. The molecule has 1 aliphatic heterocycles. The minimum atomic E-state index is -0.0188. The van der Waals surface area contributed by atoms with E-state index in [0.717, 1.165) is 39.8 Å². The molecule has 29 heavy (non-hydrogen) atoms. The van der Waals surface area contributed by atoms with E-state index >= 15 is 0 Å². The predicted molar refractivity (Wildman–Crippen MR) is 123 cm³/mol. The number of anilines is 2. The molecule has 1 saturated heterocycles. The molecule has 1 aromatic carbocycles. The molecule has 1 fully saturated rings. The summed E-state index contributed by atoms with van der Waals surface area (Å²) in [5.41, 5.74) is 3.28. The second kappa shape index (κ2) is 8.71. The van der Waals surface area contributed by atoms with Gasteiger partial charge in [-0.05, 0) is 69.9 Å². The molecule has 0 spiro atoms. The van der Waals surface area contributed by atoms with E-state index < -0.39 is 0 Å². The van der Waals surface area contributed by atoms with Gasteiger partial charge in [-0.15, -0.1) is 11.3 Å². The van der Waals surface area contributed by atoms with Crippen LogP contribution in [-0.4, -0.2) is 34.7 Å². The minimum Gasteiger partial charge on any atom is -0.372 e. The Morgan fingerprint density at radius 1 is 1.10 bits per heavy atom. The van der Waals surface area contributed by atoms with Crippen molar-refractivity contribution < 1.29 is 4.79 Å². The van der Waals surface area contributed by atoms with Crippen LogP contribution in [0.1, 0.15) is 35.5 Å². The molecule has 0 radical (unpaired) electrons. The second-order valence-corrected chi connectivity index (χ2v) is 9.64. The van der Waals surface area contributed by atoms with E-state index in [-0.39, 0.29) is 5.91 Å². The normalized spacial score (nSPS) is 14.4. The van der Waals surface area contributed by atoms with Crippen LogP contribution in [-0.2, 0) is 4.79 Å². The zero-order valence-electron chi connectivity index (χ0n) is 17.1. The highest BCUT2D eigenvalue weighted by Gasteiger charge is 2.15. The van der Waals surface area contributed by atoms with Gasteiger partial charge in [0.15, 0.2) is 0 Å². The summed E-state index contributed by atoms with van der Waals surface area (Å²) >= 11 is 3.17. The summed E-state index contributed by atoms with van der Waals surface area (Å²) in [5, 5.41) is 4.98. The van der Waals surface area contributed by atoms with Crippen LogP contribution >= 0.6 is 23.1 Å². The average Bonchev–Trinajstić information content (AvgIpc) is 3.01. The largest absolute Gasteiger partial charge is 0.372 e. The Hall–Kier alpha value is -2.12. The van der Waals surface area contributed by atoms with Gasteiger partial charge >= 0.3 is 0 Å². The molecule has 0 bridgehead atoms. The molecular formula is C22H26N4OS2. The van der Waals surface area contributed by atoms with Crippen molar-refractivity contribution in [2.45, 2.75) is 45.1 Å². The standard InChI is InChI=1S/C22H26N4OS2/c1-14-15(2)29-22-20(14)21(23-16(3)24-22)28-13-19(27)25-17-7-9-18(10-8-17)26-11-5-4-6-12-26/h7-10H,4-6,11-13H2,1-3H3,(H,25,27). The zero-order valence-corrected chi connectivity index (χ0v) is 18.8. The lowest BCUT2D eigenvalue weighted by Gasteiger charge is -2.28. The van der Waals surface area contributed by atoms with Crippen LogP contribution in [0.25, 0.3) is 10.2 Å². The van der Waals surface area contributed by atoms with E-state index in [4.69, 9.17) is 0 Å². The van der Waals surface area contributed by atoms with Crippen molar-refractivity contribution in [3.63, 3.8) is 0 Å². The highest BCUT2D eigenvalue weighted by Crippen LogP contribution is 2.35. The number of benzene rings is 1. The third kappa shape index (κ3) is 4.56. The summed E-state index contributed by atoms with van der Waals surface area (Å²) in [4.78, 5) is 26.3. The Bertz CT molecular complexity index is 1020. The summed E-state index contributed by atoms with van der Waals surface area (Å²) < 4.78 is 0. The Labute approximate surface area is 179 Å². The molecule has 1 amide bonds. The quantitative estimate of drug-likeness (QED) is 0.441. The number of fused-ring (bicyclic) bond motifs is 1. The van der Waals surface area contributed by atoms with Gasteiger partial charge < -0.3 is 10.2 Å². The van der Waals surface area contributed by atoms with Crippen molar-refractivity contribution in [3.05, 3.63) is 40.5 Å². The van der Waals surface area contributed by atoms with Gasteiger partial charge in [-0.3, -0.25) is 4.79 Å². The number of piperidine rings is 1. The number of amides is 1. The molecule has 7 heteroatoms. The highest BCUT2D eigenvalue weighted by molar-refractivity contribution is 8.00. The number of hydrogen-bond acceptors (Lipinski definition) is 6. The van der Waals surface area contributed by atoms with Gasteiger partial charge in [-0.2, -0.15) is 0 Å². The van der Waals surface area contributed by atoms with Crippen LogP contribution < -0.4 is 10.2 Å². The fourth-order valence-electron chi connectivity index (χ4n) is 3.66. The third-order valence-electron chi connectivity index (χ3n) is 5.32. The first-order valence-electron chi connectivity index (χ1n) is 10.0. The fraction of sp³-hybridized carbons (Fsp3) is 0.409. The van der Waals surface area contributed by atoms with E-state index in [1.165, 1.54) is 47.2 Å². The van der Waals surface area contributed by atoms with E-state index in [1.807, 2.05) is 19.1 Å². The second-order valence-electron chi connectivity index (χ2n) is 7.47. The Morgan fingerprint density at radius 2 is 1.83 bits per heavy atom. The number of thiophene rings is 1. The van der Waals surface area contributed by atoms with Gasteiger partial charge in [0, 0.05) is 34.7 Å². The zero-order chi connectivity index (χ0) is 20.4. The molecule has 3 aromatic rings. The number of nitrogens with zero attached hydrogens (tertiary/aromatic N) is 3. The molecule has 0 atom stereocenters. The Morgan fingerprint density at radius 3 is 2.55 bits per heavy atom. The fourth-order valence-corrected chi connectivity index (χ4v) is 5.73. The van der Waals surface area contributed by atoms with E-state index in [2.05, 4.69) is 46.2 Å². The van der Waals surface area contributed by atoms with E-state index in [1.54, 1.807) is 11.3 Å². The topological polar surface area (TPSA) is 58.1 Å². The number of carbonyl (C=O) groups is 1. The summed E-state index contributed by atoms with van der Waals surface area (Å²) in [6, 6.07) is 8.18. The van der Waals surface area contributed by atoms with Crippen LogP contribution in [0, 0.1) is 20.8 Å². The van der Waals surface area contributed by atoms with Crippen molar-refractivity contribution >= 4 is 50.6 Å². The first-order chi connectivity index (χ1) is 14.0. The highest BCUT2D eigenvalue weighted by atomic mass is 32.2. The van der Waals surface area contributed by atoms with Crippen molar-refractivity contribution in [1.29, 1.82) is 0 Å². The van der Waals surface area contributed by atoms with E-state index in [0.29, 0.717) is 5.75 Å². The van der Waals surface area contributed by atoms with Crippen molar-refractivity contribution in [2.24, 2.45) is 0 Å². The molecule has 3 heterocycles. The average molecular weight is 427 g/mol. The summed E-state index contributed by atoms with van der Waals surface area (Å²) in [6.45, 7) is 8.34. The Kier molecular flexibility index (Phi) is 6.06. The number of rotatable bonds is 5. The minimum absolute atomic E-state index is 0.0188. The first-order valence-corrected chi connectivity index (χ1v) is 11.8. The first kappa shape index (κ1) is 20.2. The van der Waals surface area contributed by atoms with E-state index in [9.17, 15) is 4.79 Å². The molecule has 1 N–H and O–H groups in total. The lowest BCUT2D eigenvalue weighted by molar-refractivity contribution is -0.113. The Balaban J connectivity index is 1.40. The van der Waals surface area contributed by atoms with Crippen LogP contribution in [0.2, 0.25) is 0 Å². The van der Waals surface area contributed by atoms with Gasteiger partial charge in [-0.1, -0.05) is 11.8 Å². The lowest BCUT2D eigenvalue weighted by Crippen LogP contribution is -2.29. The van der Waals surface area contributed by atoms with Gasteiger partial charge in [0.2, 0.25) is 5.91 Å². The molecule has 152 valence electrons. The SMILES string of the molecule is Cc1nc(SCC(=O)Nc2ccc(N3CCCCC3)cc2)c2c(C)c(C)sc2n1. The van der Waals surface area contributed by atoms with Crippen molar-refractivity contribution in [1.82, 2.24) is 9.97 Å². The van der Waals surface area contributed by atoms with Gasteiger partial charge in [0.25, 0.3) is 0 Å². The van der Waals surface area contributed by atoms with Gasteiger partial charge in [-0.25, -0.2) is 9.97 Å². The maximum Gasteiger partial charge on any atom is 0.234 e.